The number of thiazole rings is 1. The minimum Gasteiger partial charge on any atom is -0.368 e. The van der Waals surface area contributed by atoms with Crippen molar-refractivity contribution in [2.24, 2.45) is 0 Å². The van der Waals surface area contributed by atoms with Gasteiger partial charge in [0.15, 0.2) is 5.13 Å². The lowest BCUT2D eigenvalue weighted by atomic mass is 10.1. The maximum absolute atomic E-state index is 14.1. The second-order valence-corrected chi connectivity index (χ2v) is 11.4. The highest BCUT2D eigenvalue weighted by Gasteiger charge is 2.31. The van der Waals surface area contributed by atoms with E-state index in [2.05, 4.69) is 14.6 Å². The van der Waals surface area contributed by atoms with Gasteiger partial charge in [0.1, 0.15) is 11.9 Å². The number of carbonyl (C=O) groups is 1. The first-order chi connectivity index (χ1) is 17.2. The molecule has 0 spiro atoms. The standard InChI is InChI=1S/C25H26FN5O3S2.H2/c1-17-16-29(19-6-8-20(9-7-19)36(33,34)28-25-27-11-15-35-25)13-14-30(17)24(32)18(2)31-12-10-21-22(26)4-3-5-23(21)31;/h3-12,15,17-18H,13-14,16H2,1-2H3,(H,27,28);1H/t17-,18-;/m0./s1. The summed E-state index contributed by atoms with van der Waals surface area (Å²) in [5, 5.41) is 2.52. The van der Waals surface area contributed by atoms with Gasteiger partial charge < -0.3 is 14.4 Å². The topological polar surface area (TPSA) is 87.5 Å². The summed E-state index contributed by atoms with van der Waals surface area (Å²) in [5.74, 6) is -0.315. The Labute approximate surface area is 214 Å². The van der Waals surface area contributed by atoms with Crippen molar-refractivity contribution in [3.63, 3.8) is 0 Å². The van der Waals surface area contributed by atoms with Crippen LogP contribution in [0.3, 0.4) is 0 Å². The monoisotopic (exact) mass is 529 g/mol. The quantitative estimate of drug-likeness (QED) is 0.395. The van der Waals surface area contributed by atoms with Crippen molar-refractivity contribution in [1.82, 2.24) is 14.5 Å². The smallest absolute Gasteiger partial charge is 0.263 e. The molecule has 36 heavy (non-hydrogen) atoms. The van der Waals surface area contributed by atoms with Crippen molar-refractivity contribution < 1.29 is 19.0 Å². The van der Waals surface area contributed by atoms with E-state index in [1.165, 1.54) is 17.4 Å². The fourth-order valence-electron chi connectivity index (χ4n) is 4.65. The maximum Gasteiger partial charge on any atom is 0.263 e. The lowest BCUT2D eigenvalue weighted by Gasteiger charge is -2.42. The van der Waals surface area contributed by atoms with Crippen LogP contribution in [0.1, 0.15) is 21.3 Å². The molecule has 1 fully saturated rings. The summed E-state index contributed by atoms with van der Waals surface area (Å²) in [6.45, 7) is 5.60. The molecule has 3 heterocycles. The molecule has 2 aromatic carbocycles. The van der Waals surface area contributed by atoms with Crippen molar-refractivity contribution >= 4 is 49.0 Å². The molecule has 0 bridgehead atoms. The van der Waals surface area contributed by atoms with Crippen LogP contribution in [0, 0.1) is 5.82 Å². The number of hydrogen-bond donors (Lipinski definition) is 1. The summed E-state index contributed by atoms with van der Waals surface area (Å²) >= 11 is 1.22. The van der Waals surface area contributed by atoms with Crippen LogP contribution in [0.25, 0.3) is 10.9 Å². The van der Waals surface area contributed by atoms with Crippen LogP contribution in [-0.2, 0) is 14.8 Å². The summed E-state index contributed by atoms with van der Waals surface area (Å²) in [7, 11) is -3.71. The molecule has 1 saturated heterocycles. The zero-order valence-electron chi connectivity index (χ0n) is 19.8. The van der Waals surface area contributed by atoms with Gasteiger partial charge in [0.2, 0.25) is 5.91 Å². The lowest BCUT2D eigenvalue weighted by molar-refractivity contribution is -0.136. The molecular weight excluding hydrogens is 501 g/mol. The van der Waals surface area contributed by atoms with E-state index in [0.29, 0.717) is 35.7 Å². The van der Waals surface area contributed by atoms with Crippen molar-refractivity contribution in [1.29, 1.82) is 0 Å². The molecule has 0 saturated carbocycles. The van der Waals surface area contributed by atoms with Gasteiger partial charge in [-0.25, -0.2) is 17.8 Å². The Bertz CT molecular complexity index is 1490. The molecule has 1 aliphatic rings. The molecule has 1 aliphatic heterocycles. The number of halogens is 1. The first kappa shape index (κ1) is 24.3. The number of fused-ring (bicyclic) bond motifs is 1. The first-order valence-corrected chi connectivity index (χ1v) is 13.9. The number of rotatable bonds is 6. The fourth-order valence-corrected chi connectivity index (χ4v) is 6.44. The Hall–Kier alpha value is -3.44. The SMILES string of the molecule is C[C@H]1CN(c2ccc(S(=O)(=O)Nc3nccs3)cc2)CCN1C(=O)[C@H](C)n1ccc2c(F)cccc21.[HH]. The van der Waals surface area contributed by atoms with Gasteiger partial charge in [-0.05, 0) is 56.3 Å². The summed E-state index contributed by atoms with van der Waals surface area (Å²) in [6.07, 6.45) is 3.30. The number of piperazine rings is 1. The molecular formula is C25H28FN5O3S2. The fraction of sp³-hybridized carbons (Fsp3) is 0.280. The highest BCUT2D eigenvalue weighted by Crippen LogP contribution is 2.27. The number of benzene rings is 2. The minimum absolute atomic E-state index is 0. The van der Waals surface area contributed by atoms with Gasteiger partial charge in [-0.1, -0.05) is 6.07 Å². The van der Waals surface area contributed by atoms with Crippen molar-refractivity contribution in [2.75, 3.05) is 29.3 Å². The summed E-state index contributed by atoms with van der Waals surface area (Å²) in [4.78, 5) is 21.5. The van der Waals surface area contributed by atoms with Gasteiger partial charge in [-0.2, -0.15) is 0 Å². The van der Waals surface area contributed by atoms with Crippen LogP contribution in [0.2, 0.25) is 0 Å². The number of amides is 1. The third-order valence-corrected chi connectivity index (χ3v) is 8.73. The van der Waals surface area contributed by atoms with Crippen molar-refractivity contribution in [3.8, 4) is 0 Å². The Morgan fingerprint density at radius 1 is 1.19 bits per heavy atom. The maximum atomic E-state index is 14.1. The van der Waals surface area contributed by atoms with Gasteiger partial charge in [0.25, 0.3) is 10.0 Å². The van der Waals surface area contributed by atoms with Crippen LogP contribution in [0.5, 0.6) is 0 Å². The molecule has 4 aromatic rings. The van der Waals surface area contributed by atoms with Crippen LogP contribution in [0.15, 0.2) is 71.2 Å². The first-order valence-electron chi connectivity index (χ1n) is 11.6. The van der Waals surface area contributed by atoms with E-state index in [-0.39, 0.29) is 24.1 Å². The van der Waals surface area contributed by atoms with Gasteiger partial charge in [-0.15, -0.1) is 11.3 Å². The van der Waals surface area contributed by atoms with Crippen LogP contribution >= 0.6 is 11.3 Å². The number of nitrogens with zero attached hydrogens (tertiary/aromatic N) is 4. The van der Waals surface area contributed by atoms with E-state index in [1.807, 2.05) is 29.4 Å². The molecule has 1 amide bonds. The Kier molecular flexibility index (Phi) is 6.44. The van der Waals surface area contributed by atoms with Crippen LogP contribution < -0.4 is 9.62 Å². The molecule has 5 rings (SSSR count). The molecule has 190 valence electrons. The third-order valence-electron chi connectivity index (χ3n) is 6.56. The van der Waals surface area contributed by atoms with Crippen molar-refractivity contribution in [3.05, 3.63) is 72.1 Å². The molecule has 0 radical (unpaired) electrons. The minimum atomic E-state index is -3.71. The van der Waals surface area contributed by atoms with Crippen LogP contribution in [0.4, 0.5) is 15.2 Å². The second kappa shape index (κ2) is 9.55. The number of nitrogens with one attached hydrogen (secondary N) is 1. The van der Waals surface area contributed by atoms with Crippen molar-refractivity contribution in [2.45, 2.75) is 30.8 Å². The molecule has 2 aromatic heterocycles. The van der Waals surface area contributed by atoms with Gasteiger partial charge in [0, 0.05) is 56.0 Å². The Morgan fingerprint density at radius 2 is 1.97 bits per heavy atom. The Morgan fingerprint density at radius 3 is 2.67 bits per heavy atom. The molecule has 11 heteroatoms. The van der Waals surface area contributed by atoms with Gasteiger partial charge in [0.05, 0.1) is 10.4 Å². The van der Waals surface area contributed by atoms with E-state index in [1.54, 1.807) is 54.2 Å². The predicted molar refractivity (Wildman–Crippen MR) is 141 cm³/mol. The number of aromatic nitrogens is 2. The lowest BCUT2D eigenvalue weighted by Crippen LogP contribution is -2.55. The predicted octanol–water partition coefficient (Wildman–Crippen LogP) is 4.58. The zero-order chi connectivity index (χ0) is 25.4. The van der Waals surface area contributed by atoms with E-state index < -0.39 is 16.1 Å². The normalized spacial score (nSPS) is 17.4. The highest BCUT2D eigenvalue weighted by atomic mass is 32.2. The van der Waals surface area contributed by atoms with Crippen LogP contribution in [-0.4, -0.2) is 54.5 Å². The average Bonchev–Trinajstić information content (AvgIpc) is 3.53. The van der Waals surface area contributed by atoms with E-state index in [9.17, 15) is 17.6 Å². The van der Waals surface area contributed by atoms with E-state index in [0.717, 1.165) is 5.69 Å². The van der Waals surface area contributed by atoms with Gasteiger partial charge >= 0.3 is 0 Å². The average molecular weight is 530 g/mol. The third kappa shape index (κ3) is 4.56. The Balaban J connectivity index is 0.00000320. The summed E-state index contributed by atoms with van der Waals surface area (Å²) < 4.78 is 43.6. The molecule has 0 aliphatic carbocycles. The number of hydrogen-bond acceptors (Lipinski definition) is 6. The van der Waals surface area contributed by atoms with E-state index in [4.69, 9.17) is 0 Å². The largest absolute Gasteiger partial charge is 0.368 e. The number of carbonyl (C=O) groups excluding carboxylic acids is 1. The summed E-state index contributed by atoms with van der Waals surface area (Å²) in [6, 6.07) is 12.8. The number of sulfonamides is 1. The zero-order valence-corrected chi connectivity index (χ0v) is 21.5. The molecule has 8 nitrogen and oxygen atoms in total. The summed E-state index contributed by atoms with van der Waals surface area (Å²) in [5.41, 5.74) is 1.59. The van der Waals surface area contributed by atoms with Gasteiger partial charge in [-0.3, -0.25) is 9.52 Å². The highest BCUT2D eigenvalue weighted by molar-refractivity contribution is 7.93. The number of anilines is 2. The molecule has 1 N–H and O–H groups in total. The second-order valence-electron chi connectivity index (χ2n) is 8.83. The van der Waals surface area contributed by atoms with E-state index >= 15 is 0 Å². The molecule has 0 unspecified atom stereocenters. The molecule has 2 atom stereocenters.